The lowest BCUT2D eigenvalue weighted by Gasteiger charge is -2.25. The molecule has 1 heterocycles. The fourth-order valence-corrected chi connectivity index (χ4v) is 4.49. The molecule has 0 radical (unpaired) electrons. The van der Waals surface area contributed by atoms with Gasteiger partial charge in [-0.05, 0) is 67.0 Å². The first kappa shape index (κ1) is 18.7. The van der Waals surface area contributed by atoms with Crippen LogP contribution in [0, 0.1) is 0 Å². The summed E-state index contributed by atoms with van der Waals surface area (Å²) in [5.41, 5.74) is 4.56. The van der Waals surface area contributed by atoms with Crippen LogP contribution in [0.1, 0.15) is 65.2 Å². The molecule has 0 aromatic heterocycles. The van der Waals surface area contributed by atoms with Gasteiger partial charge in [0.05, 0.1) is 13.2 Å². The van der Waals surface area contributed by atoms with E-state index in [2.05, 4.69) is 6.07 Å². The fraction of sp³-hybridized carbons (Fsp3) is 0.417. The first-order chi connectivity index (χ1) is 13.7. The molecule has 2 aromatic carbocycles. The van der Waals surface area contributed by atoms with Crippen molar-refractivity contribution < 1.29 is 14.3 Å². The second-order valence-corrected chi connectivity index (χ2v) is 7.78. The van der Waals surface area contributed by atoms with Crippen molar-refractivity contribution in [3.8, 4) is 5.75 Å². The lowest BCUT2D eigenvalue weighted by molar-refractivity contribution is -0.132. The molecule has 1 amide bonds. The molecule has 1 atom stereocenters. The molecule has 1 aliphatic heterocycles. The van der Waals surface area contributed by atoms with E-state index in [-0.39, 0.29) is 30.6 Å². The Morgan fingerprint density at radius 1 is 1.00 bits per heavy atom. The van der Waals surface area contributed by atoms with E-state index in [0.29, 0.717) is 0 Å². The second-order valence-electron chi connectivity index (χ2n) is 7.78. The molecule has 4 nitrogen and oxygen atoms in total. The summed E-state index contributed by atoms with van der Waals surface area (Å²) in [6.45, 7) is 0.766. The highest BCUT2D eigenvalue weighted by molar-refractivity contribution is 5.98. The maximum absolute atomic E-state index is 12.8. The molecule has 2 aromatic rings. The number of methoxy groups -OCH3 is 1. The van der Waals surface area contributed by atoms with Crippen molar-refractivity contribution in [2.75, 3.05) is 13.7 Å². The van der Waals surface area contributed by atoms with Crippen molar-refractivity contribution >= 4 is 11.7 Å². The van der Waals surface area contributed by atoms with Crippen molar-refractivity contribution in [3.63, 3.8) is 0 Å². The van der Waals surface area contributed by atoms with Gasteiger partial charge < -0.3 is 9.64 Å². The molecule has 0 spiro atoms. The summed E-state index contributed by atoms with van der Waals surface area (Å²) in [4.78, 5) is 27.4. The van der Waals surface area contributed by atoms with Crippen LogP contribution >= 0.6 is 0 Å². The predicted octanol–water partition coefficient (Wildman–Crippen LogP) is 4.51. The number of Topliss-reactive ketones (excluding diaryl/α,β-unsaturated/α-hetero) is 1. The molecule has 1 saturated heterocycles. The molecule has 0 saturated carbocycles. The smallest absolute Gasteiger partial charge is 0.223 e. The molecular formula is C24H27NO3. The summed E-state index contributed by atoms with van der Waals surface area (Å²) in [7, 11) is 1.65. The van der Waals surface area contributed by atoms with Crippen LogP contribution in [0.15, 0.2) is 42.5 Å². The summed E-state index contributed by atoms with van der Waals surface area (Å²) in [6, 6.07) is 14.1. The highest BCUT2D eigenvalue weighted by atomic mass is 16.5. The lowest BCUT2D eigenvalue weighted by atomic mass is 10.0. The largest absolute Gasteiger partial charge is 0.497 e. The van der Waals surface area contributed by atoms with Crippen molar-refractivity contribution in [1.29, 1.82) is 0 Å². The third-order valence-electron chi connectivity index (χ3n) is 6.06. The van der Waals surface area contributed by atoms with Crippen molar-refractivity contribution in [2.24, 2.45) is 0 Å². The Balaban J connectivity index is 1.37. The highest BCUT2D eigenvalue weighted by Gasteiger charge is 2.30. The van der Waals surface area contributed by atoms with Crippen LogP contribution in [0.5, 0.6) is 5.75 Å². The van der Waals surface area contributed by atoms with E-state index in [4.69, 9.17) is 4.74 Å². The summed E-state index contributed by atoms with van der Waals surface area (Å²) in [5.74, 6) is 0.968. The van der Waals surface area contributed by atoms with Crippen molar-refractivity contribution in [1.82, 2.24) is 4.90 Å². The van der Waals surface area contributed by atoms with Gasteiger partial charge in [-0.1, -0.05) is 24.3 Å². The fourth-order valence-electron chi connectivity index (χ4n) is 4.49. The van der Waals surface area contributed by atoms with Gasteiger partial charge in [-0.2, -0.15) is 0 Å². The number of benzene rings is 2. The molecule has 146 valence electrons. The normalized spacial score (nSPS) is 18.2. The van der Waals surface area contributed by atoms with Crippen molar-refractivity contribution in [2.45, 2.75) is 51.0 Å². The maximum Gasteiger partial charge on any atom is 0.223 e. The zero-order valence-electron chi connectivity index (χ0n) is 16.4. The molecule has 0 unspecified atom stereocenters. The zero-order chi connectivity index (χ0) is 19.5. The molecule has 0 N–H and O–H groups in total. The minimum absolute atomic E-state index is 0.0724. The Hall–Kier alpha value is -2.62. The van der Waals surface area contributed by atoms with Crippen LogP contribution in [0.3, 0.4) is 0 Å². The van der Waals surface area contributed by atoms with E-state index in [9.17, 15) is 9.59 Å². The molecule has 28 heavy (non-hydrogen) atoms. The van der Waals surface area contributed by atoms with Gasteiger partial charge in [-0.25, -0.2) is 0 Å². The number of ketones is 1. The van der Waals surface area contributed by atoms with Crippen LogP contribution in [0.2, 0.25) is 0 Å². The summed E-state index contributed by atoms with van der Waals surface area (Å²) in [5, 5.41) is 0. The van der Waals surface area contributed by atoms with Gasteiger partial charge in [-0.15, -0.1) is 0 Å². The molecular weight excluding hydrogens is 350 g/mol. The van der Waals surface area contributed by atoms with Crippen LogP contribution in [0.4, 0.5) is 0 Å². The maximum atomic E-state index is 12.8. The number of likely N-dealkylation sites (tertiary alicyclic amines) is 1. The number of aryl methyl sites for hydroxylation is 2. The number of ether oxygens (including phenoxy) is 1. The van der Waals surface area contributed by atoms with E-state index >= 15 is 0 Å². The van der Waals surface area contributed by atoms with Crippen LogP contribution in [-0.2, 0) is 17.6 Å². The monoisotopic (exact) mass is 377 g/mol. The van der Waals surface area contributed by atoms with Gasteiger partial charge in [0.2, 0.25) is 5.91 Å². The van der Waals surface area contributed by atoms with E-state index < -0.39 is 0 Å². The molecule has 2 aliphatic rings. The Bertz CT molecular complexity index is 872. The van der Waals surface area contributed by atoms with Crippen LogP contribution < -0.4 is 4.74 Å². The Morgan fingerprint density at radius 3 is 2.57 bits per heavy atom. The number of carbonyl (C=O) groups excluding carboxylic acids is 2. The lowest BCUT2D eigenvalue weighted by Crippen LogP contribution is -2.30. The highest BCUT2D eigenvalue weighted by Crippen LogP contribution is 2.33. The molecule has 4 heteroatoms. The topological polar surface area (TPSA) is 46.6 Å². The third-order valence-corrected chi connectivity index (χ3v) is 6.06. The number of carbonyl (C=O) groups is 2. The number of rotatable bonds is 6. The molecule has 1 fully saturated rings. The Kier molecular flexibility index (Phi) is 5.47. The number of hydrogen-bond donors (Lipinski definition) is 0. The summed E-state index contributed by atoms with van der Waals surface area (Å²) in [6.07, 6.45) is 5.88. The van der Waals surface area contributed by atoms with Gasteiger partial charge in [0.1, 0.15) is 5.75 Å². The number of hydrogen-bond acceptors (Lipinski definition) is 3. The predicted molar refractivity (Wildman–Crippen MR) is 109 cm³/mol. The third kappa shape index (κ3) is 3.82. The molecule has 4 rings (SSSR count). The van der Waals surface area contributed by atoms with Crippen LogP contribution in [0.25, 0.3) is 0 Å². The van der Waals surface area contributed by atoms with E-state index in [1.54, 1.807) is 7.11 Å². The van der Waals surface area contributed by atoms with Gasteiger partial charge >= 0.3 is 0 Å². The Morgan fingerprint density at radius 2 is 1.79 bits per heavy atom. The standard InChI is InChI=1S/C24H27NO3/c1-28-21-11-9-18(10-12-21)22-6-3-15-25(22)24(27)14-13-23(26)20-8-7-17-4-2-5-19(17)16-20/h7-12,16,22H,2-6,13-15H2,1H3/t22-/m0/s1. The van der Waals surface area contributed by atoms with Crippen molar-refractivity contribution in [3.05, 3.63) is 64.7 Å². The first-order valence-electron chi connectivity index (χ1n) is 10.2. The van der Waals surface area contributed by atoms with Crippen LogP contribution in [-0.4, -0.2) is 30.2 Å². The SMILES string of the molecule is COc1ccc([C@@H]2CCCN2C(=O)CCC(=O)c2ccc3c(c2)CCC3)cc1. The second kappa shape index (κ2) is 8.17. The van der Waals surface area contributed by atoms with E-state index in [0.717, 1.165) is 49.1 Å². The van der Waals surface area contributed by atoms with Gasteiger partial charge in [-0.3, -0.25) is 9.59 Å². The summed E-state index contributed by atoms with van der Waals surface area (Å²) >= 11 is 0. The van der Waals surface area contributed by atoms with Gasteiger partial charge in [0.15, 0.2) is 5.78 Å². The van der Waals surface area contributed by atoms with E-state index in [1.165, 1.54) is 17.5 Å². The minimum atomic E-state index is 0.0724. The first-order valence-corrected chi connectivity index (χ1v) is 10.2. The molecule has 1 aliphatic carbocycles. The number of fused-ring (bicyclic) bond motifs is 1. The zero-order valence-corrected chi connectivity index (χ0v) is 16.4. The Labute approximate surface area is 166 Å². The van der Waals surface area contributed by atoms with Gasteiger partial charge in [0.25, 0.3) is 0 Å². The quantitative estimate of drug-likeness (QED) is 0.696. The van der Waals surface area contributed by atoms with E-state index in [1.807, 2.05) is 41.3 Å². The number of amides is 1. The minimum Gasteiger partial charge on any atom is -0.497 e. The average molecular weight is 377 g/mol. The summed E-state index contributed by atoms with van der Waals surface area (Å²) < 4.78 is 5.22. The number of nitrogens with zero attached hydrogens (tertiary/aromatic N) is 1. The average Bonchev–Trinajstić information content (AvgIpc) is 3.40. The molecule has 0 bridgehead atoms. The van der Waals surface area contributed by atoms with Gasteiger partial charge in [0, 0.05) is 24.9 Å².